The smallest absolute Gasteiger partial charge is 0.167 e. The maximum absolute atomic E-state index is 4.77. The molecule has 0 amide bonds. The van der Waals surface area contributed by atoms with Crippen molar-refractivity contribution < 1.29 is 0 Å². The van der Waals surface area contributed by atoms with Crippen LogP contribution in [0.5, 0.6) is 0 Å². The van der Waals surface area contributed by atoms with Crippen LogP contribution in [-0.4, -0.2) is 34.1 Å². The van der Waals surface area contributed by atoms with E-state index in [0.717, 1.165) is 40.6 Å². The second kappa shape index (κ2) is 6.12. The van der Waals surface area contributed by atoms with Crippen molar-refractivity contribution >= 4 is 17.0 Å². The molecule has 0 aromatic carbocycles. The van der Waals surface area contributed by atoms with Crippen molar-refractivity contribution in [2.75, 3.05) is 0 Å². The summed E-state index contributed by atoms with van der Waals surface area (Å²) in [6.07, 6.45) is 11.1. The monoisotopic (exact) mass is 339 g/mol. The molecule has 4 heterocycles. The van der Waals surface area contributed by atoms with E-state index in [1.54, 1.807) is 23.9 Å². The van der Waals surface area contributed by atoms with E-state index in [2.05, 4.69) is 27.1 Å². The van der Waals surface area contributed by atoms with Gasteiger partial charge in [-0.05, 0) is 13.3 Å². The molecule has 24 heavy (non-hydrogen) atoms. The summed E-state index contributed by atoms with van der Waals surface area (Å²) in [5.74, 6) is 0.842. The molecule has 0 aliphatic heterocycles. The minimum atomic E-state index is -0.101. The third-order valence-corrected chi connectivity index (χ3v) is 4.85. The number of hydrogen-bond donors (Lipinski definition) is 0. The SMILES string of the molecule is CCCc1c(C(c2nccs2)n2ccnc2)ncn2c(C)nnc12. The van der Waals surface area contributed by atoms with Gasteiger partial charge in [0.15, 0.2) is 5.65 Å². The number of aryl methyl sites for hydroxylation is 2. The van der Waals surface area contributed by atoms with Gasteiger partial charge in [-0.25, -0.2) is 15.0 Å². The van der Waals surface area contributed by atoms with Crippen LogP contribution in [0.1, 0.15) is 41.5 Å². The van der Waals surface area contributed by atoms with Crippen molar-refractivity contribution in [3.05, 3.63) is 58.7 Å². The van der Waals surface area contributed by atoms with Crippen molar-refractivity contribution in [2.45, 2.75) is 32.7 Å². The number of nitrogens with zero attached hydrogens (tertiary/aromatic N) is 7. The molecule has 0 saturated carbocycles. The molecule has 0 aliphatic rings. The van der Waals surface area contributed by atoms with E-state index >= 15 is 0 Å². The second-order valence-electron chi connectivity index (χ2n) is 5.58. The average Bonchev–Trinajstić information content (AvgIpc) is 3.33. The molecule has 8 heteroatoms. The minimum absolute atomic E-state index is 0.101. The van der Waals surface area contributed by atoms with Gasteiger partial charge in [-0.3, -0.25) is 4.40 Å². The van der Waals surface area contributed by atoms with Crippen LogP contribution in [0, 0.1) is 6.92 Å². The van der Waals surface area contributed by atoms with Crippen molar-refractivity contribution in [1.82, 2.24) is 34.1 Å². The van der Waals surface area contributed by atoms with Gasteiger partial charge in [-0.1, -0.05) is 13.3 Å². The van der Waals surface area contributed by atoms with E-state index in [4.69, 9.17) is 4.98 Å². The van der Waals surface area contributed by atoms with Gasteiger partial charge in [-0.2, -0.15) is 0 Å². The molecule has 0 saturated heterocycles. The third kappa shape index (κ3) is 2.39. The molecular weight excluding hydrogens is 322 g/mol. The summed E-state index contributed by atoms with van der Waals surface area (Å²) < 4.78 is 3.99. The predicted octanol–water partition coefficient (Wildman–Crippen LogP) is 2.68. The van der Waals surface area contributed by atoms with Crippen LogP contribution in [0.4, 0.5) is 0 Å². The number of thiazole rings is 1. The quantitative estimate of drug-likeness (QED) is 0.559. The Bertz CT molecular complexity index is 906. The number of aromatic nitrogens is 7. The van der Waals surface area contributed by atoms with Crippen LogP contribution in [0.25, 0.3) is 5.65 Å². The molecule has 1 unspecified atom stereocenters. The largest absolute Gasteiger partial charge is 0.322 e. The third-order valence-electron chi connectivity index (χ3n) is 4.03. The zero-order chi connectivity index (χ0) is 16.5. The first kappa shape index (κ1) is 14.9. The Morgan fingerprint density at radius 2 is 2.08 bits per heavy atom. The summed E-state index contributed by atoms with van der Waals surface area (Å²) in [6, 6.07) is -0.101. The van der Waals surface area contributed by atoms with Crippen LogP contribution in [0.3, 0.4) is 0 Å². The van der Waals surface area contributed by atoms with Crippen LogP contribution in [-0.2, 0) is 6.42 Å². The number of rotatable bonds is 5. The predicted molar refractivity (Wildman–Crippen MR) is 91.1 cm³/mol. The highest BCUT2D eigenvalue weighted by molar-refractivity contribution is 7.09. The summed E-state index contributed by atoms with van der Waals surface area (Å²) >= 11 is 1.62. The molecule has 0 radical (unpaired) electrons. The molecule has 0 aliphatic carbocycles. The highest BCUT2D eigenvalue weighted by Crippen LogP contribution is 2.31. The first-order valence-corrected chi connectivity index (χ1v) is 8.73. The number of fused-ring (bicyclic) bond motifs is 1. The Balaban J connectivity index is 1.97. The van der Waals surface area contributed by atoms with E-state index < -0.39 is 0 Å². The molecular formula is C16H17N7S. The Morgan fingerprint density at radius 3 is 2.79 bits per heavy atom. The van der Waals surface area contributed by atoms with Crippen LogP contribution in [0.15, 0.2) is 36.6 Å². The molecule has 4 aromatic heterocycles. The van der Waals surface area contributed by atoms with Crippen molar-refractivity contribution in [2.24, 2.45) is 0 Å². The highest BCUT2D eigenvalue weighted by atomic mass is 32.1. The first-order valence-electron chi connectivity index (χ1n) is 7.85. The lowest BCUT2D eigenvalue weighted by Crippen LogP contribution is -2.16. The van der Waals surface area contributed by atoms with E-state index in [9.17, 15) is 0 Å². The fourth-order valence-electron chi connectivity index (χ4n) is 2.93. The number of hydrogen-bond acceptors (Lipinski definition) is 6. The van der Waals surface area contributed by atoms with Gasteiger partial charge in [0.1, 0.15) is 23.2 Å². The topological polar surface area (TPSA) is 73.8 Å². The molecule has 0 bridgehead atoms. The van der Waals surface area contributed by atoms with Crippen LogP contribution >= 0.6 is 11.3 Å². The molecule has 0 N–H and O–H groups in total. The lowest BCUT2D eigenvalue weighted by molar-refractivity contribution is 0.638. The highest BCUT2D eigenvalue weighted by Gasteiger charge is 2.25. The molecule has 1 atom stereocenters. The Hall–Kier alpha value is -2.61. The second-order valence-corrected chi connectivity index (χ2v) is 6.51. The summed E-state index contributed by atoms with van der Waals surface area (Å²) in [7, 11) is 0. The fraction of sp³-hybridized carbons (Fsp3) is 0.312. The lowest BCUT2D eigenvalue weighted by Gasteiger charge is -2.19. The van der Waals surface area contributed by atoms with E-state index in [-0.39, 0.29) is 6.04 Å². The fourth-order valence-corrected chi connectivity index (χ4v) is 3.67. The van der Waals surface area contributed by atoms with Crippen molar-refractivity contribution in [1.29, 1.82) is 0 Å². The van der Waals surface area contributed by atoms with Gasteiger partial charge in [0.05, 0.1) is 12.0 Å². The maximum atomic E-state index is 4.77. The van der Waals surface area contributed by atoms with E-state index in [0.29, 0.717) is 0 Å². The molecule has 4 rings (SSSR count). The number of imidazole rings is 1. The van der Waals surface area contributed by atoms with Crippen molar-refractivity contribution in [3.8, 4) is 0 Å². The van der Waals surface area contributed by atoms with Gasteiger partial charge < -0.3 is 4.57 Å². The molecule has 4 aromatic rings. The van der Waals surface area contributed by atoms with Gasteiger partial charge in [0, 0.05) is 29.5 Å². The molecule has 122 valence electrons. The zero-order valence-corrected chi connectivity index (χ0v) is 14.3. The van der Waals surface area contributed by atoms with Gasteiger partial charge in [0.2, 0.25) is 0 Å². The van der Waals surface area contributed by atoms with Crippen LogP contribution in [0.2, 0.25) is 0 Å². The van der Waals surface area contributed by atoms with Gasteiger partial charge >= 0.3 is 0 Å². The molecule has 0 fully saturated rings. The average molecular weight is 339 g/mol. The van der Waals surface area contributed by atoms with Crippen LogP contribution < -0.4 is 0 Å². The summed E-state index contributed by atoms with van der Waals surface area (Å²) in [5, 5.41) is 11.5. The summed E-state index contributed by atoms with van der Waals surface area (Å²) in [5.41, 5.74) is 2.96. The molecule has 7 nitrogen and oxygen atoms in total. The Kier molecular flexibility index (Phi) is 3.81. The van der Waals surface area contributed by atoms with E-state index in [1.165, 1.54) is 0 Å². The summed E-state index contributed by atoms with van der Waals surface area (Å²) in [6.45, 7) is 4.09. The Labute approximate surface area is 143 Å². The normalized spacial score (nSPS) is 12.8. The summed E-state index contributed by atoms with van der Waals surface area (Å²) in [4.78, 5) is 13.5. The lowest BCUT2D eigenvalue weighted by atomic mass is 10.0. The minimum Gasteiger partial charge on any atom is -0.322 e. The maximum Gasteiger partial charge on any atom is 0.167 e. The van der Waals surface area contributed by atoms with Crippen molar-refractivity contribution in [3.63, 3.8) is 0 Å². The van der Waals surface area contributed by atoms with Gasteiger partial charge in [0.25, 0.3) is 0 Å². The first-order chi connectivity index (χ1) is 11.8. The molecule has 0 spiro atoms. The van der Waals surface area contributed by atoms with Gasteiger partial charge in [-0.15, -0.1) is 21.5 Å². The van der Waals surface area contributed by atoms with E-state index in [1.807, 2.05) is 40.0 Å². The standard InChI is InChI=1S/C16H17N7S/c1-3-4-12-13(19-10-23-11(2)20-21-15(12)23)14(16-18-6-8-24-16)22-7-5-17-9-22/h5-10,14H,3-4H2,1-2H3. The Morgan fingerprint density at radius 1 is 1.17 bits per heavy atom. The zero-order valence-electron chi connectivity index (χ0n) is 13.5.